The molecule has 0 radical (unpaired) electrons. The van der Waals surface area contributed by atoms with E-state index >= 15 is 0 Å². The monoisotopic (exact) mass is 432 g/mol. The molecular formula is C25H28N4O3. The predicted octanol–water partition coefficient (Wildman–Crippen LogP) is 4.08. The standard InChI is InChI=1S/C25H28N4O3/c1-16-20-5-6-23(31-2)21(24(20)32-27-16)10-13-28-11-8-19(9-12-28)29-14-7-17-3-4-18(25(26)30)15-22(17)29/h3-7,14-15,19H,8-13H2,1-2H3,(H2,26,30). The topological polar surface area (TPSA) is 86.5 Å². The number of hydrogen-bond donors (Lipinski definition) is 1. The minimum atomic E-state index is -0.387. The van der Waals surface area contributed by atoms with E-state index in [4.69, 9.17) is 15.0 Å². The lowest BCUT2D eigenvalue weighted by atomic mass is 10.0. The molecule has 1 aliphatic heterocycles. The molecule has 166 valence electrons. The molecule has 0 atom stereocenters. The average molecular weight is 433 g/mol. The number of carbonyl (C=O) groups is 1. The Morgan fingerprint density at radius 2 is 2.03 bits per heavy atom. The van der Waals surface area contributed by atoms with Crippen molar-refractivity contribution in [2.45, 2.75) is 32.2 Å². The normalized spacial score (nSPS) is 15.6. The molecule has 3 heterocycles. The SMILES string of the molecule is COc1ccc2c(C)noc2c1CCN1CCC(n2ccc3ccc(C(N)=O)cc32)CC1. The Labute approximate surface area is 186 Å². The lowest BCUT2D eigenvalue weighted by Gasteiger charge is -2.33. The molecule has 4 aromatic rings. The number of nitrogens with two attached hydrogens (primary N) is 1. The van der Waals surface area contributed by atoms with Gasteiger partial charge in [-0.05, 0) is 61.9 Å². The van der Waals surface area contributed by atoms with Crippen molar-refractivity contribution in [3.05, 3.63) is 59.4 Å². The maximum atomic E-state index is 11.6. The summed E-state index contributed by atoms with van der Waals surface area (Å²) in [5.74, 6) is 0.467. The van der Waals surface area contributed by atoms with Crippen molar-refractivity contribution in [2.75, 3.05) is 26.7 Å². The van der Waals surface area contributed by atoms with Gasteiger partial charge in [0.1, 0.15) is 5.75 Å². The van der Waals surface area contributed by atoms with E-state index in [1.807, 2.05) is 31.2 Å². The average Bonchev–Trinajstić information content (AvgIpc) is 3.41. The highest BCUT2D eigenvalue weighted by Gasteiger charge is 2.23. The number of benzene rings is 2. The van der Waals surface area contributed by atoms with Crippen LogP contribution in [0, 0.1) is 6.92 Å². The van der Waals surface area contributed by atoms with Crippen molar-refractivity contribution >= 4 is 27.8 Å². The minimum absolute atomic E-state index is 0.387. The number of piperidine rings is 1. The van der Waals surface area contributed by atoms with Crippen molar-refractivity contribution < 1.29 is 14.1 Å². The maximum absolute atomic E-state index is 11.6. The van der Waals surface area contributed by atoms with E-state index in [-0.39, 0.29) is 5.91 Å². The van der Waals surface area contributed by atoms with E-state index in [1.54, 1.807) is 13.2 Å². The highest BCUT2D eigenvalue weighted by atomic mass is 16.5. The summed E-state index contributed by atoms with van der Waals surface area (Å²) in [6, 6.07) is 12.2. The molecule has 0 aliphatic carbocycles. The highest BCUT2D eigenvalue weighted by Crippen LogP contribution is 2.32. The van der Waals surface area contributed by atoms with Crippen molar-refractivity contribution in [1.29, 1.82) is 0 Å². The summed E-state index contributed by atoms with van der Waals surface area (Å²) in [6.45, 7) is 4.95. The Kier molecular flexibility index (Phi) is 5.35. The van der Waals surface area contributed by atoms with Crippen LogP contribution in [0.4, 0.5) is 0 Å². The van der Waals surface area contributed by atoms with Crippen LogP contribution in [0.25, 0.3) is 21.9 Å². The number of hydrogen-bond acceptors (Lipinski definition) is 5. The zero-order valence-corrected chi connectivity index (χ0v) is 18.5. The van der Waals surface area contributed by atoms with Gasteiger partial charge >= 0.3 is 0 Å². The first-order valence-electron chi connectivity index (χ1n) is 11.1. The quantitative estimate of drug-likeness (QED) is 0.496. The van der Waals surface area contributed by atoms with E-state index in [0.29, 0.717) is 11.6 Å². The Morgan fingerprint density at radius 1 is 1.22 bits per heavy atom. The van der Waals surface area contributed by atoms with Gasteiger partial charge in [-0.15, -0.1) is 0 Å². The molecule has 1 amide bonds. The largest absolute Gasteiger partial charge is 0.496 e. The van der Waals surface area contributed by atoms with E-state index in [0.717, 1.165) is 77.8 Å². The smallest absolute Gasteiger partial charge is 0.248 e. The maximum Gasteiger partial charge on any atom is 0.248 e. The van der Waals surface area contributed by atoms with Crippen molar-refractivity contribution in [2.24, 2.45) is 5.73 Å². The van der Waals surface area contributed by atoms with Crippen LogP contribution in [0.5, 0.6) is 5.75 Å². The molecule has 7 nitrogen and oxygen atoms in total. The molecular weight excluding hydrogens is 404 g/mol. The Hall–Kier alpha value is -3.32. The van der Waals surface area contributed by atoms with Gasteiger partial charge in [0, 0.05) is 53.9 Å². The third-order valence-electron chi connectivity index (χ3n) is 6.74. The summed E-state index contributed by atoms with van der Waals surface area (Å²) in [7, 11) is 1.70. The molecule has 0 bridgehead atoms. The highest BCUT2D eigenvalue weighted by molar-refractivity contribution is 5.97. The van der Waals surface area contributed by atoms with E-state index < -0.39 is 0 Å². The van der Waals surface area contributed by atoms with Crippen LogP contribution in [0.2, 0.25) is 0 Å². The molecule has 0 saturated carbocycles. The molecule has 5 rings (SSSR count). The first-order valence-corrected chi connectivity index (χ1v) is 11.1. The van der Waals surface area contributed by atoms with Crippen molar-refractivity contribution in [3.63, 3.8) is 0 Å². The first kappa shape index (κ1) is 20.6. The van der Waals surface area contributed by atoms with Crippen molar-refractivity contribution in [3.8, 4) is 5.75 Å². The number of carbonyl (C=O) groups excluding carboxylic acids is 1. The zero-order valence-electron chi connectivity index (χ0n) is 18.5. The molecule has 0 unspecified atom stereocenters. The number of fused-ring (bicyclic) bond motifs is 2. The van der Waals surface area contributed by atoms with Crippen LogP contribution in [-0.4, -0.2) is 47.3 Å². The molecule has 1 aliphatic rings. The van der Waals surface area contributed by atoms with Gasteiger partial charge < -0.3 is 24.5 Å². The van der Waals surface area contributed by atoms with Gasteiger partial charge in [-0.25, -0.2) is 0 Å². The lowest BCUT2D eigenvalue weighted by molar-refractivity contribution is 0.100. The Bertz CT molecular complexity index is 1280. The summed E-state index contributed by atoms with van der Waals surface area (Å²) in [6.07, 6.45) is 5.11. The van der Waals surface area contributed by atoms with Crippen LogP contribution in [0.1, 0.15) is 40.5 Å². The summed E-state index contributed by atoms with van der Waals surface area (Å²) >= 11 is 0. The number of methoxy groups -OCH3 is 1. The second-order valence-electron chi connectivity index (χ2n) is 8.57. The third-order valence-corrected chi connectivity index (χ3v) is 6.74. The number of amides is 1. The second-order valence-corrected chi connectivity index (χ2v) is 8.57. The Morgan fingerprint density at radius 3 is 2.78 bits per heavy atom. The van der Waals surface area contributed by atoms with Gasteiger partial charge in [0.2, 0.25) is 5.91 Å². The van der Waals surface area contributed by atoms with E-state index in [1.165, 1.54) is 0 Å². The fourth-order valence-corrected chi connectivity index (χ4v) is 4.90. The number of nitrogens with zero attached hydrogens (tertiary/aromatic N) is 3. The lowest BCUT2D eigenvalue weighted by Crippen LogP contribution is -2.35. The van der Waals surface area contributed by atoms with Gasteiger partial charge in [-0.2, -0.15) is 0 Å². The zero-order chi connectivity index (χ0) is 22.2. The number of likely N-dealkylation sites (tertiary alicyclic amines) is 1. The third kappa shape index (κ3) is 3.62. The summed E-state index contributed by atoms with van der Waals surface area (Å²) in [4.78, 5) is 14.1. The van der Waals surface area contributed by atoms with Crippen LogP contribution in [-0.2, 0) is 6.42 Å². The van der Waals surface area contributed by atoms with E-state index in [9.17, 15) is 4.79 Å². The number of primary amides is 1. The van der Waals surface area contributed by atoms with Gasteiger partial charge in [-0.3, -0.25) is 4.79 Å². The fourth-order valence-electron chi connectivity index (χ4n) is 4.90. The van der Waals surface area contributed by atoms with Crippen LogP contribution in [0.15, 0.2) is 47.1 Å². The number of ether oxygens (including phenoxy) is 1. The second kappa shape index (κ2) is 8.31. The Balaban J connectivity index is 1.27. The molecule has 1 fully saturated rings. The van der Waals surface area contributed by atoms with Crippen molar-refractivity contribution in [1.82, 2.24) is 14.6 Å². The predicted molar refractivity (Wildman–Crippen MR) is 124 cm³/mol. The molecule has 0 spiro atoms. The van der Waals surface area contributed by atoms with Gasteiger partial charge in [-0.1, -0.05) is 11.2 Å². The van der Waals surface area contributed by atoms with Gasteiger partial charge in [0.05, 0.1) is 12.8 Å². The summed E-state index contributed by atoms with van der Waals surface area (Å²) < 4.78 is 13.5. The minimum Gasteiger partial charge on any atom is -0.496 e. The molecule has 2 aromatic heterocycles. The number of aryl methyl sites for hydroxylation is 1. The first-order chi connectivity index (χ1) is 15.5. The fraction of sp³-hybridized carbons (Fsp3) is 0.360. The summed E-state index contributed by atoms with van der Waals surface area (Å²) in [5.41, 5.74) is 9.95. The summed E-state index contributed by atoms with van der Waals surface area (Å²) in [5, 5.41) is 6.32. The van der Waals surface area contributed by atoms with Crippen LogP contribution >= 0.6 is 0 Å². The number of rotatable bonds is 6. The molecule has 2 N–H and O–H groups in total. The van der Waals surface area contributed by atoms with Gasteiger partial charge in [0.25, 0.3) is 0 Å². The van der Waals surface area contributed by atoms with E-state index in [2.05, 4.69) is 26.9 Å². The molecule has 32 heavy (non-hydrogen) atoms. The van der Waals surface area contributed by atoms with Gasteiger partial charge in [0.15, 0.2) is 5.58 Å². The number of aromatic nitrogens is 2. The van der Waals surface area contributed by atoms with Crippen LogP contribution < -0.4 is 10.5 Å². The van der Waals surface area contributed by atoms with Crippen LogP contribution in [0.3, 0.4) is 0 Å². The molecule has 2 aromatic carbocycles. The molecule has 1 saturated heterocycles. The molecule has 7 heteroatoms.